The van der Waals surface area contributed by atoms with E-state index in [4.69, 9.17) is 5.73 Å². The van der Waals surface area contributed by atoms with Gasteiger partial charge >= 0.3 is 0 Å². The van der Waals surface area contributed by atoms with Crippen LogP contribution < -0.4 is 5.73 Å². The molecule has 2 rings (SSSR count). The van der Waals surface area contributed by atoms with Crippen molar-refractivity contribution in [2.24, 2.45) is 0 Å². The molecular formula is C12H16N2O2S. The van der Waals surface area contributed by atoms with E-state index < -0.39 is 10.8 Å². The van der Waals surface area contributed by atoms with Gasteiger partial charge in [-0.3, -0.25) is 9.00 Å². The van der Waals surface area contributed by atoms with E-state index in [0.717, 1.165) is 5.56 Å². The van der Waals surface area contributed by atoms with Gasteiger partial charge in [0.05, 0.1) is 5.56 Å². The number of rotatable bonds is 1. The summed E-state index contributed by atoms with van der Waals surface area (Å²) >= 11 is 0. The lowest BCUT2D eigenvalue weighted by Crippen LogP contribution is -2.42. The van der Waals surface area contributed by atoms with Gasteiger partial charge in [-0.05, 0) is 19.1 Å². The number of aryl methyl sites for hydroxylation is 1. The van der Waals surface area contributed by atoms with Crippen LogP contribution in [0.2, 0.25) is 0 Å². The SMILES string of the molecule is Cc1ccc(N)c(C(=O)N2CCS(=O)CC2)c1. The molecule has 92 valence electrons. The number of nitrogens with two attached hydrogens (primary N) is 1. The second-order valence-electron chi connectivity index (χ2n) is 4.23. The maximum atomic E-state index is 12.2. The van der Waals surface area contributed by atoms with Crippen LogP contribution in [0.5, 0.6) is 0 Å². The first-order valence-electron chi connectivity index (χ1n) is 5.58. The van der Waals surface area contributed by atoms with Crippen LogP contribution in [0.1, 0.15) is 15.9 Å². The molecule has 0 bridgehead atoms. The monoisotopic (exact) mass is 252 g/mol. The minimum absolute atomic E-state index is 0.0529. The number of nitrogens with zero attached hydrogens (tertiary/aromatic N) is 1. The molecule has 1 aromatic rings. The quantitative estimate of drug-likeness (QED) is 0.751. The summed E-state index contributed by atoms with van der Waals surface area (Å²) in [7, 11) is -0.769. The summed E-state index contributed by atoms with van der Waals surface area (Å²) < 4.78 is 11.2. The standard InChI is InChI=1S/C12H16N2O2S/c1-9-2-3-11(13)10(8-9)12(15)14-4-6-17(16)7-5-14/h2-3,8H,4-7,13H2,1H3. The predicted molar refractivity (Wildman–Crippen MR) is 69.4 cm³/mol. The lowest BCUT2D eigenvalue weighted by Gasteiger charge is -2.26. The number of anilines is 1. The molecule has 5 heteroatoms. The van der Waals surface area contributed by atoms with Crippen molar-refractivity contribution < 1.29 is 9.00 Å². The fourth-order valence-electron chi connectivity index (χ4n) is 1.87. The normalized spacial score (nSPS) is 17.1. The molecule has 17 heavy (non-hydrogen) atoms. The van der Waals surface area contributed by atoms with E-state index >= 15 is 0 Å². The largest absolute Gasteiger partial charge is 0.398 e. The number of hydrogen-bond donors (Lipinski definition) is 1. The van der Waals surface area contributed by atoms with Crippen LogP contribution in [0.25, 0.3) is 0 Å². The number of amides is 1. The van der Waals surface area contributed by atoms with Gasteiger partial charge in [0.15, 0.2) is 0 Å². The highest BCUT2D eigenvalue weighted by molar-refractivity contribution is 7.85. The summed E-state index contributed by atoms with van der Waals surface area (Å²) in [6.45, 7) is 3.04. The van der Waals surface area contributed by atoms with Gasteiger partial charge in [0.25, 0.3) is 5.91 Å². The maximum absolute atomic E-state index is 12.2. The smallest absolute Gasteiger partial charge is 0.256 e. The molecule has 1 heterocycles. The van der Waals surface area contributed by atoms with E-state index in [-0.39, 0.29) is 5.91 Å². The van der Waals surface area contributed by atoms with Gasteiger partial charge in [0.2, 0.25) is 0 Å². The second kappa shape index (κ2) is 4.87. The zero-order valence-corrected chi connectivity index (χ0v) is 10.6. The summed E-state index contributed by atoms with van der Waals surface area (Å²) in [5, 5.41) is 0. The molecule has 1 amide bonds. The van der Waals surface area contributed by atoms with Crippen LogP contribution in [-0.2, 0) is 10.8 Å². The molecule has 1 aliphatic heterocycles. The van der Waals surface area contributed by atoms with E-state index in [1.807, 2.05) is 19.1 Å². The van der Waals surface area contributed by atoms with Crippen molar-refractivity contribution in [1.82, 2.24) is 4.90 Å². The number of hydrogen-bond acceptors (Lipinski definition) is 3. The van der Waals surface area contributed by atoms with Crippen molar-refractivity contribution in [2.75, 3.05) is 30.3 Å². The van der Waals surface area contributed by atoms with E-state index in [0.29, 0.717) is 35.8 Å². The van der Waals surface area contributed by atoms with E-state index in [1.54, 1.807) is 11.0 Å². The van der Waals surface area contributed by atoms with Gasteiger partial charge in [0.1, 0.15) is 0 Å². The molecule has 0 aromatic heterocycles. The lowest BCUT2D eigenvalue weighted by atomic mass is 10.1. The summed E-state index contributed by atoms with van der Waals surface area (Å²) in [5.41, 5.74) is 7.89. The average molecular weight is 252 g/mol. The highest BCUT2D eigenvalue weighted by Crippen LogP contribution is 2.17. The fourth-order valence-corrected chi connectivity index (χ4v) is 2.92. The van der Waals surface area contributed by atoms with E-state index in [2.05, 4.69) is 0 Å². The Balaban J connectivity index is 2.19. The number of nitrogen functional groups attached to an aromatic ring is 1. The van der Waals surface area contributed by atoms with Gasteiger partial charge in [-0.25, -0.2) is 0 Å². The third kappa shape index (κ3) is 2.66. The zero-order valence-electron chi connectivity index (χ0n) is 9.81. The Morgan fingerprint density at radius 2 is 2.00 bits per heavy atom. The Bertz CT molecular complexity index is 464. The van der Waals surface area contributed by atoms with Crippen LogP contribution in [0.3, 0.4) is 0 Å². The van der Waals surface area contributed by atoms with Crippen LogP contribution in [0.15, 0.2) is 18.2 Å². The molecule has 1 fully saturated rings. The molecule has 1 aromatic carbocycles. The summed E-state index contributed by atoms with van der Waals surface area (Å²) in [4.78, 5) is 14.0. The topological polar surface area (TPSA) is 63.4 Å². The number of benzene rings is 1. The molecule has 0 radical (unpaired) electrons. The molecule has 4 nitrogen and oxygen atoms in total. The van der Waals surface area contributed by atoms with Crippen molar-refractivity contribution in [3.05, 3.63) is 29.3 Å². The van der Waals surface area contributed by atoms with Gasteiger partial charge in [-0.15, -0.1) is 0 Å². The molecule has 0 saturated carbocycles. The molecule has 0 aliphatic carbocycles. The van der Waals surface area contributed by atoms with Gasteiger partial charge in [-0.1, -0.05) is 11.6 Å². The van der Waals surface area contributed by atoms with Crippen molar-refractivity contribution in [3.63, 3.8) is 0 Å². The average Bonchev–Trinajstić information content (AvgIpc) is 2.32. The van der Waals surface area contributed by atoms with Gasteiger partial charge < -0.3 is 10.6 Å². The van der Waals surface area contributed by atoms with Crippen molar-refractivity contribution in [3.8, 4) is 0 Å². The van der Waals surface area contributed by atoms with Gasteiger partial charge in [-0.2, -0.15) is 0 Å². The van der Waals surface area contributed by atoms with E-state index in [1.165, 1.54) is 0 Å². The molecule has 2 N–H and O–H groups in total. The van der Waals surface area contributed by atoms with E-state index in [9.17, 15) is 9.00 Å². The molecule has 1 aliphatic rings. The first-order valence-corrected chi connectivity index (χ1v) is 7.07. The van der Waals surface area contributed by atoms with Crippen molar-refractivity contribution >= 4 is 22.4 Å². The third-order valence-corrected chi connectivity index (χ3v) is 4.18. The van der Waals surface area contributed by atoms with Crippen molar-refractivity contribution in [2.45, 2.75) is 6.92 Å². The summed E-state index contributed by atoms with van der Waals surface area (Å²) in [6, 6.07) is 5.45. The van der Waals surface area contributed by atoms with Crippen LogP contribution in [0, 0.1) is 6.92 Å². The highest BCUT2D eigenvalue weighted by Gasteiger charge is 2.22. The minimum Gasteiger partial charge on any atom is -0.398 e. The van der Waals surface area contributed by atoms with Gasteiger partial charge in [0, 0.05) is 41.1 Å². The Hall–Kier alpha value is -1.36. The first kappa shape index (κ1) is 12.1. The maximum Gasteiger partial charge on any atom is 0.256 e. The lowest BCUT2D eigenvalue weighted by molar-refractivity contribution is 0.0772. The highest BCUT2D eigenvalue weighted by atomic mass is 32.2. The minimum atomic E-state index is -0.769. The molecule has 0 unspecified atom stereocenters. The fraction of sp³-hybridized carbons (Fsp3) is 0.417. The molecular weight excluding hydrogens is 236 g/mol. The molecule has 1 saturated heterocycles. The second-order valence-corrected chi connectivity index (χ2v) is 5.93. The number of carbonyl (C=O) groups excluding carboxylic acids is 1. The van der Waals surface area contributed by atoms with Crippen LogP contribution >= 0.6 is 0 Å². The van der Waals surface area contributed by atoms with Crippen LogP contribution in [0.4, 0.5) is 5.69 Å². The Kier molecular flexibility index (Phi) is 3.47. The zero-order chi connectivity index (χ0) is 12.4. The third-order valence-electron chi connectivity index (χ3n) is 2.90. The first-order chi connectivity index (χ1) is 8.08. The van der Waals surface area contributed by atoms with Crippen molar-refractivity contribution in [1.29, 1.82) is 0 Å². The molecule has 0 atom stereocenters. The summed E-state index contributed by atoms with van der Waals surface area (Å²) in [5.74, 6) is 1.08. The Morgan fingerprint density at radius 3 is 2.65 bits per heavy atom. The van der Waals surface area contributed by atoms with Crippen LogP contribution in [-0.4, -0.2) is 39.6 Å². The Labute approximate surface area is 103 Å². The molecule has 0 spiro atoms. The number of carbonyl (C=O) groups is 1. The summed E-state index contributed by atoms with van der Waals surface area (Å²) in [6.07, 6.45) is 0. The predicted octanol–water partition coefficient (Wildman–Crippen LogP) is 0.782. The Morgan fingerprint density at radius 1 is 1.35 bits per heavy atom.